The lowest BCUT2D eigenvalue weighted by atomic mass is 10.2. The predicted octanol–water partition coefficient (Wildman–Crippen LogP) is 6.16. The van der Waals surface area contributed by atoms with Crippen molar-refractivity contribution in [2.75, 3.05) is 35.5 Å². The Morgan fingerprint density at radius 3 is 2.07 bits per heavy atom. The van der Waals surface area contributed by atoms with E-state index in [1.54, 1.807) is 14.2 Å². The smallest absolute Gasteiger partial charge is 0.328 e. The van der Waals surface area contributed by atoms with Gasteiger partial charge >= 0.3 is 6.01 Å². The van der Waals surface area contributed by atoms with Gasteiger partial charge in [0, 0.05) is 11.1 Å². The van der Waals surface area contributed by atoms with Crippen LogP contribution in [-0.4, -0.2) is 44.4 Å². The van der Waals surface area contributed by atoms with Gasteiger partial charge in [-0.05, 0) is 79.9 Å². The number of nitrogens with one attached hydrogen (secondary N) is 4. The molecule has 212 valence electrons. The third kappa shape index (κ3) is 7.13. The highest BCUT2D eigenvalue weighted by atomic mass is 32.1. The van der Waals surface area contributed by atoms with Gasteiger partial charge in [0.05, 0.1) is 31.1 Å². The molecule has 13 heteroatoms. The molecule has 0 spiro atoms. The Morgan fingerprint density at radius 2 is 1.36 bits per heavy atom. The van der Waals surface area contributed by atoms with E-state index in [-0.39, 0.29) is 28.1 Å². The lowest BCUT2D eigenvalue weighted by molar-refractivity contribution is 0.415. The van der Waals surface area contributed by atoms with Gasteiger partial charge in [-0.15, -0.1) is 0 Å². The molecule has 0 saturated heterocycles. The number of thiocarbonyl (C=S) groups is 2. The molecule has 2 aromatic heterocycles. The number of hydrogen-bond donors (Lipinski definition) is 4. The molecular weight excluding hydrogens is 573 g/mol. The number of aryl methyl sites for hydroxylation is 1. The van der Waals surface area contributed by atoms with Crippen molar-refractivity contribution < 1.29 is 14.2 Å². The van der Waals surface area contributed by atoms with Gasteiger partial charge in [-0.3, -0.25) is 0 Å². The fourth-order valence-electron chi connectivity index (χ4n) is 3.86. The van der Waals surface area contributed by atoms with Crippen LogP contribution in [0.4, 0.5) is 23.3 Å². The van der Waals surface area contributed by atoms with Crippen molar-refractivity contribution in [1.82, 2.24) is 19.9 Å². The first-order chi connectivity index (χ1) is 20.4. The molecule has 0 aliphatic heterocycles. The van der Waals surface area contributed by atoms with Crippen LogP contribution in [-0.2, 0) is 0 Å². The summed E-state index contributed by atoms with van der Waals surface area (Å²) in [7, 11) is 3.19. The SMILES string of the molecule is COc1ccc2nc(C)c(Oc3nc(NC(=S)Nc4ccccc4)nc(NC(=S)Nc4ccccc4OC)n3)cc2c1. The van der Waals surface area contributed by atoms with Gasteiger partial charge in [0.2, 0.25) is 11.9 Å². The third-order valence-electron chi connectivity index (χ3n) is 5.82. The number of anilines is 4. The fraction of sp³-hybridized carbons (Fsp3) is 0.103. The number of pyridine rings is 1. The second-order valence-electron chi connectivity index (χ2n) is 8.72. The molecule has 0 radical (unpaired) electrons. The summed E-state index contributed by atoms with van der Waals surface area (Å²) in [5.74, 6) is 2.03. The summed E-state index contributed by atoms with van der Waals surface area (Å²) in [6.07, 6.45) is 0. The van der Waals surface area contributed by atoms with Crippen molar-refractivity contribution in [3.63, 3.8) is 0 Å². The molecule has 3 aromatic carbocycles. The molecular formula is C29H26N8O3S2. The Morgan fingerprint density at radius 1 is 0.667 bits per heavy atom. The lowest BCUT2D eigenvalue weighted by Gasteiger charge is -2.15. The zero-order valence-electron chi connectivity index (χ0n) is 22.8. The Labute approximate surface area is 252 Å². The van der Waals surface area contributed by atoms with Crippen LogP contribution < -0.4 is 35.5 Å². The molecule has 0 saturated carbocycles. The Kier molecular flexibility index (Phi) is 8.80. The number of nitrogens with zero attached hydrogens (tertiary/aromatic N) is 4. The van der Waals surface area contributed by atoms with Crippen LogP contribution in [0.1, 0.15) is 5.69 Å². The zero-order valence-corrected chi connectivity index (χ0v) is 24.5. The number of rotatable bonds is 8. The number of methoxy groups -OCH3 is 2. The normalized spacial score (nSPS) is 10.5. The van der Waals surface area contributed by atoms with Crippen LogP contribution in [0.5, 0.6) is 23.3 Å². The van der Waals surface area contributed by atoms with Crippen molar-refractivity contribution >= 4 is 68.8 Å². The third-order valence-corrected chi connectivity index (χ3v) is 6.23. The lowest BCUT2D eigenvalue weighted by Crippen LogP contribution is -2.24. The van der Waals surface area contributed by atoms with Crippen LogP contribution in [0, 0.1) is 6.92 Å². The monoisotopic (exact) mass is 598 g/mol. The summed E-state index contributed by atoms with van der Waals surface area (Å²) in [5, 5.41) is 13.5. The summed E-state index contributed by atoms with van der Waals surface area (Å²) in [4.78, 5) is 17.9. The van der Waals surface area contributed by atoms with E-state index in [4.69, 9.17) is 38.6 Å². The van der Waals surface area contributed by atoms with Crippen LogP contribution in [0.15, 0.2) is 78.9 Å². The van der Waals surface area contributed by atoms with E-state index in [1.165, 1.54) is 0 Å². The van der Waals surface area contributed by atoms with Gasteiger partial charge in [-0.1, -0.05) is 30.3 Å². The van der Waals surface area contributed by atoms with Gasteiger partial charge in [-0.25, -0.2) is 4.98 Å². The van der Waals surface area contributed by atoms with Crippen LogP contribution in [0.2, 0.25) is 0 Å². The van der Waals surface area contributed by atoms with Crippen LogP contribution in [0.3, 0.4) is 0 Å². The molecule has 5 aromatic rings. The summed E-state index contributed by atoms with van der Waals surface area (Å²) >= 11 is 11.0. The van der Waals surface area contributed by atoms with E-state index in [9.17, 15) is 0 Å². The summed E-state index contributed by atoms with van der Waals surface area (Å²) in [5.41, 5.74) is 2.91. The molecule has 2 heterocycles. The van der Waals surface area contributed by atoms with Gasteiger partial charge in [0.1, 0.15) is 11.5 Å². The van der Waals surface area contributed by atoms with Crippen LogP contribution in [0.25, 0.3) is 10.9 Å². The highest BCUT2D eigenvalue weighted by molar-refractivity contribution is 7.81. The van der Waals surface area contributed by atoms with E-state index >= 15 is 0 Å². The van der Waals surface area contributed by atoms with Gasteiger partial charge < -0.3 is 35.5 Å². The molecule has 0 atom stereocenters. The minimum Gasteiger partial charge on any atom is -0.497 e. The Hall–Kier alpha value is -5.14. The molecule has 4 N–H and O–H groups in total. The average molecular weight is 599 g/mol. The minimum absolute atomic E-state index is 0.00949. The molecule has 5 rings (SSSR count). The molecule has 0 amide bonds. The van der Waals surface area contributed by atoms with Crippen molar-refractivity contribution in [3.8, 4) is 23.3 Å². The average Bonchev–Trinajstić information content (AvgIpc) is 2.98. The Balaban J connectivity index is 1.43. The van der Waals surface area contributed by atoms with E-state index in [2.05, 4.69) is 41.2 Å². The number of benzene rings is 3. The Bertz CT molecular complexity index is 1750. The van der Waals surface area contributed by atoms with E-state index < -0.39 is 0 Å². The number of hydrogen-bond acceptors (Lipinski definition) is 9. The first-order valence-electron chi connectivity index (χ1n) is 12.6. The summed E-state index contributed by atoms with van der Waals surface area (Å²) in [6.45, 7) is 1.84. The maximum Gasteiger partial charge on any atom is 0.328 e. The number of fused-ring (bicyclic) bond motifs is 1. The quantitative estimate of drug-likeness (QED) is 0.153. The van der Waals surface area contributed by atoms with Gasteiger partial charge in [0.25, 0.3) is 0 Å². The maximum atomic E-state index is 6.12. The van der Waals surface area contributed by atoms with E-state index in [0.29, 0.717) is 28.6 Å². The maximum absolute atomic E-state index is 6.12. The molecule has 0 bridgehead atoms. The van der Waals surface area contributed by atoms with E-state index in [1.807, 2.05) is 85.8 Å². The molecule has 0 unspecified atom stereocenters. The van der Waals surface area contributed by atoms with Crippen molar-refractivity contribution in [2.45, 2.75) is 6.92 Å². The minimum atomic E-state index is -0.00949. The number of para-hydroxylation sites is 3. The number of ether oxygens (including phenoxy) is 3. The topological polar surface area (TPSA) is 127 Å². The van der Waals surface area contributed by atoms with Gasteiger partial charge in [-0.2, -0.15) is 15.0 Å². The summed E-state index contributed by atoms with van der Waals surface area (Å²) in [6, 6.07) is 24.3. The first kappa shape index (κ1) is 28.4. The molecule has 11 nitrogen and oxygen atoms in total. The largest absolute Gasteiger partial charge is 0.497 e. The van der Waals surface area contributed by atoms with Crippen molar-refractivity contribution in [3.05, 3.63) is 84.6 Å². The molecule has 0 aliphatic rings. The first-order valence-corrected chi connectivity index (χ1v) is 13.5. The highest BCUT2D eigenvalue weighted by Gasteiger charge is 2.15. The molecule has 42 heavy (non-hydrogen) atoms. The van der Waals surface area contributed by atoms with Crippen molar-refractivity contribution in [2.24, 2.45) is 0 Å². The summed E-state index contributed by atoms with van der Waals surface area (Å²) < 4.78 is 16.9. The standard InChI is InChI=1S/C29H26N8O3S2/c1-17-24(16-18-15-20(38-2)13-14-21(18)30-17)40-27-34-25(36-28(41)31-19-9-5-4-6-10-19)33-26(35-27)37-29(42)32-22-11-7-8-12-23(22)39-3/h4-16H,1-3H3,(H4,31,32,33,34,35,36,37,41,42). The second-order valence-corrected chi connectivity index (χ2v) is 9.54. The van der Waals surface area contributed by atoms with Crippen LogP contribution >= 0.6 is 24.4 Å². The fourth-order valence-corrected chi connectivity index (χ4v) is 4.27. The van der Waals surface area contributed by atoms with Gasteiger partial charge in [0.15, 0.2) is 16.0 Å². The molecule has 0 aliphatic carbocycles. The zero-order chi connectivity index (χ0) is 29.5. The van der Waals surface area contributed by atoms with E-state index in [0.717, 1.165) is 16.6 Å². The predicted molar refractivity (Wildman–Crippen MR) is 172 cm³/mol. The second kappa shape index (κ2) is 13.0. The molecule has 0 fully saturated rings. The number of aromatic nitrogens is 4. The van der Waals surface area contributed by atoms with Crippen molar-refractivity contribution in [1.29, 1.82) is 0 Å². The highest BCUT2D eigenvalue weighted by Crippen LogP contribution is 2.29.